The molecule has 0 aromatic heterocycles. The lowest BCUT2D eigenvalue weighted by Crippen LogP contribution is -2.52. The van der Waals surface area contributed by atoms with E-state index in [2.05, 4.69) is 16.0 Å². The Balaban J connectivity index is 1.06. The van der Waals surface area contributed by atoms with Crippen LogP contribution in [-0.4, -0.2) is 71.4 Å². The SMILES string of the molecule is N=C(N)N(CCOCCc1ccc(NC(=O)NCc2ccc3c(c2)CN(C2CCC(=O)NC2=O)C3=O)cc1Cl)C1CC1. The number of ether oxygens (including phenoxy) is 1. The summed E-state index contributed by atoms with van der Waals surface area (Å²) in [4.78, 5) is 52.5. The highest BCUT2D eigenvalue weighted by Gasteiger charge is 2.39. The molecule has 1 aliphatic carbocycles. The summed E-state index contributed by atoms with van der Waals surface area (Å²) in [7, 11) is 0. The lowest BCUT2D eigenvalue weighted by molar-refractivity contribution is -0.136. The Hall–Kier alpha value is -4.16. The minimum absolute atomic E-state index is 0.0819. The number of nitrogens with zero attached hydrogens (tertiary/aromatic N) is 2. The standard InChI is InChI=1S/C29H34ClN7O5/c30-23-14-20(3-2-18(23)9-11-42-12-10-36(28(31)32)21-4-5-21)34-29(41)33-15-17-1-6-22-19(13-17)16-37(27(22)40)24-7-8-25(38)35-26(24)39/h1-3,6,13-14,21,24H,4-5,7-12,15-16H2,(H3,31,32)(H2,33,34,41)(H,35,38,39). The first-order chi connectivity index (χ1) is 20.2. The number of carbonyl (C=O) groups excluding carboxylic acids is 4. The first-order valence-electron chi connectivity index (χ1n) is 14.0. The van der Waals surface area contributed by atoms with E-state index in [4.69, 9.17) is 27.5 Å². The second-order valence-corrected chi connectivity index (χ2v) is 11.1. The predicted molar refractivity (Wildman–Crippen MR) is 156 cm³/mol. The van der Waals surface area contributed by atoms with E-state index < -0.39 is 18.0 Å². The number of rotatable bonds is 11. The number of piperidine rings is 1. The molecule has 42 heavy (non-hydrogen) atoms. The summed E-state index contributed by atoms with van der Waals surface area (Å²) < 4.78 is 5.72. The van der Waals surface area contributed by atoms with Crippen LogP contribution in [0.1, 0.15) is 52.7 Å². The van der Waals surface area contributed by atoms with Gasteiger partial charge in [-0.05, 0) is 60.6 Å². The Kier molecular flexibility index (Phi) is 8.93. The number of urea groups is 1. The summed E-state index contributed by atoms with van der Waals surface area (Å²) in [5.41, 5.74) is 9.17. The molecule has 1 saturated heterocycles. The van der Waals surface area contributed by atoms with E-state index in [1.807, 2.05) is 17.0 Å². The maximum Gasteiger partial charge on any atom is 0.319 e. The Morgan fingerprint density at radius 2 is 1.95 bits per heavy atom. The third-order valence-electron chi connectivity index (χ3n) is 7.64. The number of guanidine groups is 1. The number of imide groups is 1. The first-order valence-corrected chi connectivity index (χ1v) is 14.4. The zero-order valence-corrected chi connectivity index (χ0v) is 23.8. The van der Waals surface area contributed by atoms with Gasteiger partial charge in [-0.2, -0.15) is 0 Å². The minimum atomic E-state index is -0.670. The van der Waals surface area contributed by atoms with Crippen LogP contribution in [0.4, 0.5) is 10.5 Å². The monoisotopic (exact) mass is 595 g/mol. The van der Waals surface area contributed by atoms with Crippen LogP contribution in [0.25, 0.3) is 0 Å². The molecule has 5 amide bonds. The lowest BCUT2D eigenvalue weighted by atomic mass is 10.0. The van der Waals surface area contributed by atoms with Crippen molar-refractivity contribution in [2.45, 2.75) is 57.3 Å². The molecule has 3 aliphatic rings. The van der Waals surface area contributed by atoms with Crippen molar-refractivity contribution in [1.29, 1.82) is 5.41 Å². The van der Waals surface area contributed by atoms with Gasteiger partial charge < -0.3 is 30.9 Å². The van der Waals surface area contributed by atoms with Crippen LogP contribution in [0.2, 0.25) is 5.02 Å². The van der Waals surface area contributed by atoms with Crippen LogP contribution in [0.3, 0.4) is 0 Å². The van der Waals surface area contributed by atoms with E-state index in [1.165, 1.54) is 4.90 Å². The molecular formula is C29H34ClN7O5. The Morgan fingerprint density at radius 3 is 2.67 bits per heavy atom. The maximum atomic E-state index is 12.9. The molecule has 2 aliphatic heterocycles. The smallest absolute Gasteiger partial charge is 0.319 e. The number of anilines is 1. The summed E-state index contributed by atoms with van der Waals surface area (Å²) in [6, 6.07) is 9.91. The summed E-state index contributed by atoms with van der Waals surface area (Å²) >= 11 is 6.44. The normalized spacial score (nSPS) is 18.0. The van der Waals surface area contributed by atoms with Crippen LogP contribution in [0.5, 0.6) is 0 Å². The fourth-order valence-corrected chi connectivity index (χ4v) is 5.53. The van der Waals surface area contributed by atoms with E-state index in [-0.39, 0.29) is 37.3 Å². The van der Waals surface area contributed by atoms with E-state index in [0.29, 0.717) is 54.9 Å². The van der Waals surface area contributed by atoms with Crippen molar-refractivity contribution in [1.82, 2.24) is 20.4 Å². The number of carbonyl (C=O) groups is 4. The van der Waals surface area contributed by atoms with Gasteiger partial charge >= 0.3 is 6.03 Å². The molecule has 5 rings (SSSR count). The predicted octanol–water partition coefficient (Wildman–Crippen LogP) is 2.34. The first kappa shape index (κ1) is 29.3. The van der Waals surface area contributed by atoms with Crippen molar-refractivity contribution in [2.24, 2.45) is 5.73 Å². The number of hydrogen-bond acceptors (Lipinski definition) is 6. The van der Waals surface area contributed by atoms with Crippen molar-refractivity contribution in [3.05, 3.63) is 63.7 Å². The van der Waals surface area contributed by atoms with Gasteiger partial charge in [0.2, 0.25) is 11.8 Å². The highest BCUT2D eigenvalue weighted by Crippen LogP contribution is 2.29. The summed E-state index contributed by atoms with van der Waals surface area (Å²) in [5, 5.41) is 16.0. The van der Waals surface area contributed by atoms with E-state index in [9.17, 15) is 19.2 Å². The van der Waals surface area contributed by atoms with Crippen molar-refractivity contribution in [2.75, 3.05) is 25.1 Å². The Morgan fingerprint density at radius 1 is 1.14 bits per heavy atom. The summed E-state index contributed by atoms with van der Waals surface area (Å²) in [6.45, 7) is 2.05. The second-order valence-electron chi connectivity index (χ2n) is 10.7. The molecule has 2 aromatic rings. The highest BCUT2D eigenvalue weighted by molar-refractivity contribution is 6.31. The molecular weight excluding hydrogens is 562 g/mol. The minimum Gasteiger partial charge on any atom is -0.379 e. The second kappa shape index (κ2) is 12.8. The molecule has 1 saturated carbocycles. The van der Waals surface area contributed by atoms with Gasteiger partial charge in [0, 0.05) is 48.4 Å². The number of amides is 5. The number of nitrogens with two attached hydrogens (primary N) is 1. The molecule has 0 radical (unpaired) electrons. The van der Waals surface area contributed by atoms with Crippen LogP contribution in [0, 0.1) is 5.41 Å². The van der Waals surface area contributed by atoms with E-state index >= 15 is 0 Å². The van der Waals surface area contributed by atoms with Crippen LogP contribution in [-0.2, 0) is 33.8 Å². The van der Waals surface area contributed by atoms with Gasteiger partial charge in [-0.3, -0.25) is 25.1 Å². The fourth-order valence-electron chi connectivity index (χ4n) is 5.26. The van der Waals surface area contributed by atoms with Crippen molar-refractivity contribution in [3.63, 3.8) is 0 Å². The average Bonchev–Trinajstić information content (AvgIpc) is 3.73. The highest BCUT2D eigenvalue weighted by atomic mass is 35.5. The number of halogens is 1. The summed E-state index contributed by atoms with van der Waals surface area (Å²) in [6.07, 6.45) is 3.25. The molecule has 1 atom stereocenters. The molecule has 0 spiro atoms. The lowest BCUT2D eigenvalue weighted by Gasteiger charge is -2.29. The van der Waals surface area contributed by atoms with Crippen LogP contribution in [0.15, 0.2) is 36.4 Å². The molecule has 12 nitrogen and oxygen atoms in total. The number of benzene rings is 2. The van der Waals surface area contributed by atoms with Crippen LogP contribution >= 0.6 is 11.6 Å². The zero-order valence-electron chi connectivity index (χ0n) is 23.1. The van der Waals surface area contributed by atoms with Crippen molar-refractivity contribution >= 4 is 47.0 Å². The quantitative estimate of drug-likeness (QED) is 0.115. The van der Waals surface area contributed by atoms with E-state index in [1.54, 1.807) is 24.3 Å². The topological polar surface area (TPSA) is 170 Å². The Bertz CT molecular complexity index is 1410. The van der Waals surface area contributed by atoms with Gasteiger partial charge in [0.1, 0.15) is 6.04 Å². The Labute approximate surface area is 248 Å². The molecule has 13 heteroatoms. The maximum absolute atomic E-state index is 12.9. The largest absolute Gasteiger partial charge is 0.379 e. The van der Waals surface area contributed by atoms with E-state index in [0.717, 1.165) is 29.5 Å². The molecule has 2 heterocycles. The number of nitrogens with one attached hydrogen (secondary N) is 4. The fraction of sp³-hybridized carbons (Fsp3) is 0.414. The third kappa shape index (κ3) is 7.00. The zero-order chi connectivity index (χ0) is 29.8. The number of hydrogen-bond donors (Lipinski definition) is 5. The average molecular weight is 596 g/mol. The van der Waals surface area contributed by atoms with Crippen molar-refractivity contribution < 1.29 is 23.9 Å². The van der Waals surface area contributed by atoms with Gasteiger partial charge in [-0.25, -0.2) is 4.79 Å². The third-order valence-corrected chi connectivity index (χ3v) is 7.99. The number of fused-ring (bicyclic) bond motifs is 1. The molecule has 2 fully saturated rings. The summed E-state index contributed by atoms with van der Waals surface area (Å²) in [5.74, 6) is -0.933. The van der Waals surface area contributed by atoms with Crippen LogP contribution < -0.4 is 21.7 Å². The van der Waals surface area contributed by atoms with Gasteiger partial charge in [0.15, 0.2) is 5.96 Å². The van der Waals surface area contributed by atoms with Gasteiger partial charge in [-0.1, -0.05) is 29.8 Å². The van der Waals surface area contributed by atoms with Gasteiger partial charge in [-0.15, -0.1) is 0 Å². The molecule has 0 bridgehead atoms. The molecule has 6 N–H and O–H groups in total. The van der Waals surface area contributed by atoms with Crippen molar-refractivity contribution in [3.8, 4) is 0 Å². The molecule has 1 unspecified atom stereocenters. The van der Waals surface area contributed by atoms with Gasteiger partial charge in [0.25, 0.3) is 5.91 Å². The molecule has 2 aromatic carbocycles. The molecule has 222 valence electrons. The van der Waals surface area contributed by atoms with Gasteiger partial charge in [0.05, 0.1) is 13.2 Å².